The number of likely N-dealkylation sites (tertiary alicyclic amines) is 2. The van der Waals surface area contributed by atoms with Gasteiger partial charge in [-0.2, -0.15) is 10.2 Å². The monoisotopic (exact) mass is 432 g/mol. The van der Waals surface area contributed by atoms with E-state index in [0.29, 0.717) is 23.4 Å². The average molecular weight is 433 g/mol. The van der Waals surface area contributed by atoms with E-state index < -0.39 is 0 Å². The molecular formula is C26H32N4O2. The Morgan fingerprint density at radius 1 is 0.812 bits per heavy atom. The molecule has 168 valence electrons. The van der Waals surface area contributed by atoms with Gasteiger partial charge in [0.25, 0.3) is 5.91 Å². The predicted molar refractivity (Wildman–Crippen MR) is 125 cm³/mol. The van der Waals surface area contributed by atoms with Gasteiger partial charge < -0.3 is 14.5 Å². The van der Waals surface area contributed by atoms with Gasteiger partial charge in [-0.15, -0.1) is 0 Å². The van der Waals surface area contributed by atoms with Crippen molar-refractivity contribution >= 4 is 17.3 Å². The van der Waals surface area contributed by atoms with Crippen LogP contribution in [-0.2, 0) is 0 Å². The Balaban J connectivity index is 1.13. The topological polar surface area (TPSA) is 57.5 Å². The minimum absolute atomic E-state index is 0.0829. The van der Waals surface area contributed by atoms with Crippen LogP contribution in [0.3, 0.4) is 0 Å². The highest BCUT2D eigenvalue weighted by Crippen LogP contribution is 2.32. The summed E-state index contributed by atoms with van der Waals surface area (Å²) in [4.78, 5) is 17.1. The standard InChI is InChI=1S/C26H32N4O2/c31-26(30-15-4-5-16-30)20-7-6-8-22(17-20)28-27-21-9-11-24(12-10-21)32-25-18-23(19-25)29-13-2-1-3-14-29/h6-12,17,23,25H,1-5,13-16,18-19H2. The van der Waals surface area contributed by atoms with Crippen molar-refractivity contribution < 1.29 is 9.53 Å². The van der Waals surface area contributed by atoms with Crippen LogP contribution in [0.1, 0.15) is 55.3 Å². The van der Waals surface area contributed by atoms with E-state index in [2.05, 4.69) is 15.1 Å². The number of hydrogen-bond acceptors (Lipinski definition) is 5. The number of carbonyl (C=O) groups is 1. The fourth-order valence-corrected chi connectivity index (χ4v) is 4.92. The molecule has 0 atom stereocenters. The summed E-state index contributed by atoms with van der Waals surface area (Å²) in [7, 11) is 0. The third-order valence-corrected chi connectivity index (χ3v) is 6.88. The Hall–Kier alpha value is -2.73. The van der Waals surface area contributed by atoms with E-state index in [4.69, 9.17) is 4.74 Å². The van der Waals surface area contributed by atoms with Gasteiger partial charge in [-0.25, -0.2) is 0 Å². The van der Waals surface area contributed by atoms with Gasteiger partial charge in [0.2, 0.25) is 0 Å². The largest absolute Gasteiger partial charge is 0.490 e. The zero-order valence-corrected chi connectivity index (χ0v) is 18.7. The first-order chi connectivity index (χ1) is 15.7. The van der Waals surface area contributed by atoms with Crippen molar-refractivity contribution in [1.82, 2.24) is 9.80 Å². The number of rotatable bonds is 6. The van der Waals surface area contributed by atoms with Gasteiger partial charge in [-0.1, -0.05) is 12.5 Å². The predicted octanol–water partition coefficient (Wildman–Crippen LogP) is 5.73. The van der Waals surface area contributed by atoms with Gasteiger partial charge in [0, 0.05) is 37.5 Å². The van der Waals surface area contributed by atoms with Gasteiger partial charge in [0.15, 0.2) is 0 Å². The number of piperidine rings is 1. The SMILES string of the molecule is O=C(c1cccc(N=Nc2ccc(OC3CC(N4CCCCC4)C3)cc2)c1)N1CCCC1. The maximum Gasteiger partial charge on any atom is 0.253 e. The van der Waals surface area contributed by atoms with Gasteiger partial charge in [-0.05, 0) is 81.2 Å². The lowest BCUT2D eigenvalue weighted by molar-refractivity contribution is 0.00892. The molecule has 0 radical (unpaired) electrons. The van der Waals surface area contributed by atoms with E-state index in [1.54, 1.807) is 0 Å². The van der Waals surface area contributed by atoms with Crippen molar-refractivity contribution in [2.24, 2.45) is 10.2 Å². The van der Waals surface area contributed by atoms with Crippen LogP contribution >= 0.6 is 0 Å². The molecule has 6 nitrogen and oxygen atoms in total. The van der Waals surface area contributed by atoms with E-state index in [9.17, 15) is 4.79 Å². The molecule has 0 unspecified atom stereocenters. The van der Waals surface area contributed by atoms with Crippen molar-refractivity contribution in [3.8, 4) is 5.75 Å². The van der Waals surface area contributed by atoms with Crippen molar-refractivity contribution in [2.75, 3.05) is 26.2 Å². The Morgan fingerprint density at radius 2 is 1.50 bits per heavy atom. The van der Waals surface area contributed by atoms with Gasteiger partial charge >= 0.3 is 0 Å². The Morgan fingerprint density at radius 3 is 2.25 bits per heavy atom. The van der Waals surface area contributed by atoms with Gasteiger partial charge in [0.05, 0.1) is 11.4 Å². The van der Waals surface area contributed by atoms with E-state index in [1.807, 2.05) is 53.4 Å². The molecule has 2 heterocycles. The normalized spacial score (nSPS) is 23.9. The molecule has 0 aromatic heterocycles. The molecule has 2 aliphatic heterocycles. The van der Waals surface area contributed by atoms with Crippen LogP contribution in [0.5, 0.6) is 5.75 Å². The van der Waals surface area contributed by atoms with Crippen LogP contribution in [0.15, 0.2) is 58.8 Å². The van der Waals surface area contributed by atoms with E-state index >= 15 is 0 Å². The molecular weight excluding hydrogens is 400 g/mol. The number of ether oxygens (including phenoxy) is 1. The number of hydrogen-bond donors (Lipinski definition) is 0. The van der Waals surface area contributed by atoms with Crippen LogP contribution < -0.4 is 4.74 Å². The maximum absolute atomic E-state index is 12.6. The number of amides is 1. The summed E-state index contributed by atoms with van der Waals surface area (Å²) in [5.41, 5.74) is 2.14. The molecule has 0 bridgehead atoms. The molecule has 3 aliphatic rings. The average Bonchev–Trinajstić information content (AvgIpc) is 3.36. The molecule has 2 aromatic carbocycles. The zero-order chi connectivity index (χ0) is 21.8. The van der Waals surface area contributed by atoms with Crippen LogP contribution in [0, 0.1) is 0 Å². The van der Waals surface area contributed by atoms with Crippen LogP contribution in [0.2, 0.25) is 0 Å². The summed E-state index contributed by atoms with van der Waals surface area (Å²) in [5.74, 6) is 0.976. The number of carbonyl (C=O) groups excluding carboxylic acids is 1. The minimum atomic E-state index is 0.0829. The first-order valence-corrected chi connectivity index (χ1v) is 12.1. The molecule has 2 aromatic rings. The molecule has 6 heteroatoms. The van der Waals surface area contributed by atoms with Gasteiger partial charge in [0.1, 0.15) is 11.9 Å². The molecule has 0 N–H and O–H groups in total. The van der Waals surface area contributed by atoms with Crippen LogP contribution in [-0.4, -0.2) is 54.0 Å². The first-order valence-electron chi connectivity index (χ1n) is 12.1. The summed E-state index contributed by atoms with van der Waals surface area (Å²) < 4.78 is 6.14. The summed E-state index contributed by atoms with van der Waals surface area (Å²) in [6.07, 6.45) is 8.84. The van der Waals surface area contributed by atoms with Crippen molar-refractivity contribution in [3.05, 3.63) is 54.1 Å². The van der Waals surface area contributed by atoms with E-state index in [1.165, 1.54) is 32.4 Å². The second kappa shape index (κ2) is 9.82. The highest BCUT2D eigenvalue weighted by Gasteiger charge is 2.35. The summed E-state index contributed by atoms with van der Waals surface area (Å²) in [6, 6.07) is 15.9. The molecule has 5 rings (SSSR count). The zero-order valence-electron chi connectivity index (χ0n) is 18.7. The molecule has 2 saturated heterocycles. The Bertz CT molecular complexity index is 941. The minimum Gasteiger partial charge on any atom is -0.490 e. The lowest BCUT2D eigenvalue weighted by atomic mass is 9.86. The quantitative estimate of drug-likeness (QED) is 0.548. The van der Waals surface area contributed by atoms with Crippen LogP contribution in [0.4, 0.5) is 11.4 Å². The smallest absolute Gasteiger partial charge is 0.253 e. The second-order valence-electron chi connectivity index (χ2n) is 9.21. The third kappa shape index (κ3) is 5.01. The van der Waals surface area contributed by atoms with Crippen molar-refractivity contribution in [1.29, 1.82) is 0 Å². The second-order valence-corrected chi connectivity index (χ2v) is 9.21. The highest BCUT2D eigenvalue weighted by molar-refractivity contribution is 5.95. The fraction of sp³-hybridized carbons (Fsp3) is 0.500. The molecule has 0 spiro atoms. The number of nitrogens with zero attached hydrogens (tertiary/aromatic N) is 4. The molecule has 32 heavy (non-hydrogen) atoms. The van der Waals surface area contributed by atoms with Crippen molar-refractivity contribution in [2.45, 2.75) is 57.1 Å². The number of azo groups is 1. The Kier molecular flexibility index (Phi) is 6.49. The first kappa shape index (κ1) is 21.1. The number of benzene rings is 2. The molecule has 1 aliphatic carbocycles. The fourth-order valence-electron chi connectivity index (χ4n) is 4.92. The molecule has 3 fully saturated rings. The van der Waals surface area contributed by atoms with E-state index in [0.717, 1.165) is 50.2 Å². The summed E-state index contributed by atoms with van der Waals surface area (Å²) >= 11 is 0. The summed E-state index contributed by atoms with van der Waals surface area (Å²) in [5, 5.41) is 8.67. The lowest BCUT2D eigenvalue weighted by Crippen LogP contribution is -2.50. The Labute approximate surface area is 190 Å². The maximum atomic E-state index is 12.6. The molecule has 1 amide bonds. The lowest BCUT2D eigenvalue weighted by Gasteiger charge is -2.44. The van der Waals surface area contributed by atoms with Crippen LogP contribution in [0.25, 0.3) is 0 Å². The van der Waals surface area contributed by atoms with Gasteiger partial charge in [-0.3, -0.25) is 4.79 Å². The highest BCUT2D eigenvalue weighted by atomic mass is 16.5. The van der Waals surface area contributed by atoms with E-state index in [-0.39, 0.29) is 5.91 Å². The molecule has 1 saturated carbocycles. The van der Waals surface area contributed by atoms with Crippen molar-refractivity contribution in [3.63, 3.8) is 0 Å². The summed E-state index contributed by atoms with van der Waals surface area (Å²) in [6.45, 7) is 4.20. The third-order valence-electron chi connectivity index (χ3n) is 6.88.